The number of alkyl halides is 1. The summed E-state index contributed by atoms with van der Waals surface area (Å²) in [5.41, 5.74) is 9.89. The molecule has 1 aromatic heterocycles. The van der Waals surface area contributed by atoms with Crippen molar-refractivity contribution in [2.24, 2.45) is 5.10 Å². The summed E-state index contributed by atoms with van der Waals surface area (Å²) in [6.45, 7) is 3.82. The number of aromatic nitrogens is 1. The molecule has 24 heavy (non-hydrogen) atoms. The number of pyridine rings is 1. The number of benzene rings is 1. The summed E-state index contributed by atoms with van der Waals surface area (Å²) in [5, 5.41) is 15.5. The molecule has 4 N–H and O–H groups in total. The first-order valence-electron chi connectivity index (χ1n) is 7.50. The standard InChI is InChI=1S/C17H18ClN5O/c1-2-13(11-5-6-14-12(10-11)4-3-9-19-14)17(24)23-22-16-8-7-15(18)20-21-16/h2-10,13,15,17,20,23-24H,1H2,(H,21,22). The van der Waals surface area contributed by atoms with Crippen molar-refractivity contribution in [1.29, 1.82) is 0 Å². The molecule has 1 aliphatic rings. The van der Waals surface area contributed by atoms with Crippen LogP contribution in [0.2, 0.25) is 0 Å². The molecule has 124 valence electrons. The second-order valence-corrected chi connectivity index (χ2v) is 5.79. The highest BCUT2D eigenvalue weighted by molar-refractivity contribution is 6.22. The number of aliphatic hydroxyl groups excluding tert-OH is 1. The average molecular weight is 344 g/mol. The van der Waals surface area contributed by atoms with Crippen molar-refractivity contribution in [3.63, 3.8) is 0 Å². The Morgan fingerprint density at radius 3 is 3.04 bits per heavy atom. The monoisotopic (exact) mass is 343 g/mol. The number of hydrogen-bond donors (Lipinski definition) is 4. The molecule has 0 bridgehead atoms. The molecule has 0 saturated heterocycles. The molecular formula is C17H18ClN5O. The molecule has 3 unspecified atom stereocenters. The maximum absolute atomic E-state index is 10.4. The van der Waals surface area contributed by atoms with Crippen LogP contribution in [-0.4, -0.2) is 27.7 Å². The van der Waals surface area contributed by atoms with Gasteiger partial charge in [0.05, 0.1) is 5.52 Å². The van der Waals surface area contributed by atoms with Gasteiger partial charge in [-0.1, -0.05) is 29.8 Å². The van der Waals surface area contributed by atoms with Crippen molar-refractivity contribution in [1.82, 2.24) is 21.3 Å². The summed E-state index contributed by atoms with van der Waals surface area (Å²) in [6.07, 6.45) is 5.98. The number of nitrogens with one attached hydrogen (secondary N) is 3. The van der Waals surface area contributed by atoms with Gasteiger partial charge < -0.3 is 10.5 Å². The largest absolute Gasteiger partial charge is 0.371 e. The van der Waals surface area contributed by atoms with Gasteiger partial charge in [-0.2, -0.15) is 5.10 Å². The van der Waals surface area contributed by atoms with Crippen LogP contribution in [0.5, 0.6) is 0 Å². The lowest BCUT2D eigenvalue weighted by molar-refractivity contribution is 0.124. The van der Waals surface area contributed by atoms with Crippen LogP contribution in [0.25, 0.3) is 10.9 Å². The highest BCUT2D eigenvalue weighted by Gasteiger charge is 2.18. The Bertz CT molecular complexity index is 791. The van der Waals surface area contributed by atoms with E-state index in [2.05, 4.69) is 32.9 Å². The normalized spacial score (nSPS) is 21.2. The van der Waals surface area contributed by atoms with Crippen molar-refractivity contribution >= 4 is 28.3 Å². The smallest absolute Gasteiger partial charge is 0.159 e. The van der Waals surface area contributed by atoms with Gasteiger partial charge in [-0.05, 0) is 35.9 Å². The number of rotatable bonds is 5. The Labute approximate surface area is 144 Å². The summed E-state index contributed by atoms with van der Waals surface area (Å²) < 4.78 is 0. The van der Waals surface area contributed by atoms with Crippen LogP contribution >= 0.6 is 11.6 Å². The van der Waals surface area contributed by atoms with Crippen LogP contribution in [0.3, 0.4) is 0 Å². The van der Waals surface area contributed by atoms with Crippen molar-refractivity contribution in [2.45, 2.75) is 17.6 Å². The molecule has 0 saturated carbocycles. The van der Waals surface area contributed by atoms with Gasteiger partial charge in [0.15, 0.2) is 5.84 Å². The van der Waals surface area contributed by atoms with Gasteiger partial charge in [0.1, 0.15) is 11.7 Å². The average Bonchev–Trinajstić information content (AvgIpc) is 2.62. The van der Waals surface area contributed by atoms with E-state index in [1.165, 1.54) is 0 Å². The maximum atomic E-state index is 10.4. The first-order valence-corrected chi connectivity index (χ1v) is 7.93. The van der Waals surface area contributed by atoms with Crippen LogP contribution in [0.1, 0.15) is 11.5 Å². The molecule has 3 rings (SSSR count). The Kier molecular flexibility index (Phi) is 5.10. The Hall–Kier alpha value is -2.41. The lowest BCUT2D eigenvalue weighted by atomic mass is 9.96. The lowest BCUT2D eigenvalue weighted by Crippen LogP contribution is -2.45. The Morgan fingerprint density at radius 1 is 1.42 bits per heavy atom. The number of amidine groups is 1. The summed E-state index contributed by atoms with van der Waals surface area (Å²) in [4.78, 5) is 4.30. The fourth-order valence-electron chi connectivity index (χ4n) is 2.44. The molecule has 0 spiro atoms. The Balaban J connectivity index is 1.75. The highest BCUT2D eigenvalue weighted by Crippen LogP contribution is 2.23. The molecule has 3 atom stereocenters. The van der Waals surface area contributed by atoms with Gasteiger partial charge in [-0.25, -0.2) is 5.43 Å². The third-order valence-electron chi connectivity index (χ3n) is 3.68. The van der Waals surface area contributed by atoms with Gasteiger partial charge >= 0.3 is 0 Å². The van der Waals surface area contributed by atoms with E-state index in [0.29, 0.717) is 5.84 Å². The van der Waals surface area contributed by atoms with Crippen LogP contribution in [0.4, 0.5) is 0 Å². The van der Waals surface area contributed by atoms with Crippen molar-refractivity contribution < 1.29 is 5.11 Å². The van der Waals surface area contributed by atoms with E-state index in [1.807, 2.05) is 30.3 Å². The lowest BCUT2D eigenvalue weighted by Gasteiger charge is -2.21. The van der Waals surface area contributed by atoms with Crippen molar-refractivity contribution in [2.75, 3.05) is 0 Å². The molecule has 0 amide bonds. The SMILES string of the molecule is C=CC(c1ccc2ncccc2c1)C(O)NN=C1C=CC(Cl)NN1. The second-order valence-electron chi connectivity index (χ2n) is 5.32. The van der Waals surface area contributed by atoms with Crippen LogP contribution < -0.4 is 16.3 Å². The quantitative estimate of drug-likeness (QED) is 0.219. The minimum absolute atomic E-state index is 0.291. The van der Waals surface area contributed by atoms with Crippen molar-refractivity contribution in [3.05, 3.63) is 66.9 Å². The molecule has 0 fully saturated rings. The number of nitrogens with zero attached hydrogens (tertiary/aromatic N) is 2. The topological polar surface area (TPSA) is 81.6 Å². The first kappa shape index (κ1) is 16.4. The van der Waals surface area contributed by atoms with Crippen molar-refractivity contribution in [3.8, 4) is 0 Å². The molecule has 0 aliphatic carbocycles. The second kappa shape index (κ2) is 7.44. The highest BCUT2D eigenvalue weighted by atomic mass is 35.5. The number of hydrogen-bond acceptors (Lipinski definition) is 5. The van der Waals surface area contributed by atoms with Gasteiger partial charge in [0.25, 0.3) is 0 Å². The van der Waals surface area contributed by atoms with Gasteiger partial charge in [-0.15, -0.1) is 6.58 Å². The molecule has 1 aromatic carbocycles. The van der Waals surface area contributed by atoms with Crippen LogP contribution in [-0.2, 0) is 0 Å². The molecule has 6 nitrogen and oxygen atoms in total. The zero-order valence-corrected chi connectivity index (χ0v) is 13.6. The number of halogens is 1. The van der Waals surface area contributed by atoms with E-state index >= 15 is 0 Å². The number of aliphatic hydroxyl groups is 1. The van der Waals surface area contributed by atoms with E-state index in [0.717, 1.165) is 16.5 Å². The molecule has 0 radical (unpaired) electrons. The summed E-state index contributed by atoms with van der Waals surface area (Å²) in [5.74, 6) is 0.205. The fraction of sp³-hybridized carbons (Fsp3) is 0.176. The third-order valence-corrected chi connectivity index (χ3v) is 3.94. The van der Waals surface area contributed by atoms with Gasteiger partial charge in [-0.3, -0.25) is 10.4 Å². The minimum atomic E-state index is -0.923. The number of hydrazine groups is 1. The zero-order valence-electron chi connectivity index (χ0n) is 12.9. The van der Waals surface area contributed by atoms with Crippen LogP contribution in [0.15, 0.2) is 66.4 Å². The van der Waals surface area contributed by atoms with E-state index < -0.39 is 6.23 Å². The fourth-order valence-corrected chi connectivity index (χ4v) is 2.57. The predicted octanol–water partition coefficient (Wildman–Crippen LogP) is 1.95. The third kappa shape index (κ3) is 3.73. The first-order chi connectivity index (χ1) is 11.7. The minimum Gasteiger partial charge on any atom is -0.371 e. The summed E-state index contributed by atoms with van der Waals surface area (Å²) in [7, 11) is 0. The molecule has 2 heterocycles. The van der Waals surface area contributed by atoms with E-state index in [-0.39, 0.29) is 11.4 Å². The summed E-state index contributed by atoms with van der Waals surface area (Å²) in [6, 6.07) is 9.71. The molecule has 1 aliphatic heterocycles. The summed E-state index contributed by atoms with van der Waals surface area (Å²) >= 11 is 5.84. The van der Waals surface area contributed by atoms with Gasteiger partial charge in [0, 0.05) is 17.5 Å². The van der Waals surface area contributed by atoms with E-state index in [1.54, 1.807) is 24.4 Å². The van der Waals surface area contributed by atoms with Gasteiger partial charge in [0.2, 0.25) is 0 Å². The number of hydrazone groups is 1. The number of fused-ring (bicyclic) bond motifs is 1. The van der Waals surface area contributed by atoms with Crippen LogP contribution in [0, 0.1) is 0 Å². The van der Waals surface area contributed by atoms with E-state index in [9.17, 15) is 5.11 Å². The van der Waals surface area contributed by atoms with E-state index in [4.69, 9.17) is 11.6 Å². The Morgan fingerprint density at radius 2 is 2.29 bits per heavy atom. The molecule has 2 aromatic rings. The molecular weight excluding hydrogens is 326 g/mol. The predicted molar refractivity (Wildman–Crippen MR) is 96.3 cm³/mol. The molecule has 7 heteroatoms. The zero-order chi connectivity index (χ0) is 16.9. The maximum Gasteiger partial charge on any atom is 0.159 e.